The maximum Gasteiger partial charge on any atom is 0.309 e. The van der Waals surface area contributed by atoms with Gasteiger partial charge in [0.2, 0.25) is 10.0 Å². The molecule has 32 heavy (non-hydrogen) atoms. The number of sulfonamides is 1. The van der Waals surface area contributed by atoms with Crippen molar-refractivity contribution in [2.75, 3.05) is 43.0 Å². The van der Waals surface area contributed by atoms with Crippen LogP contribution in [0.2, 0.25) is 0 Å². The van der Waals surface area contributed by atoms with E-state index in [1.807, 2.05) is 0 Å². The van der Waals surface area contributed by atoms with Crippen LogP contribution in [0, 0.1) is 5.92 Å². The first-order valence-corrected chi connectivity index (χ1v) is 13.2. The van der Waals surface area contributed by atoms with Crippen molar-refractivity contribution in [3.05, 3.63) is 18.2 Å². The third-order valence-corrected chi connectivity index (χ3v) is 8.36. The number of esters is 1. The number of ether oxygens (including phenoxy) is 1. The summed E-state index contributed by atoms with van der Waals surface area (Å²) >= 11 is 0. The fourth-order valence-electron chi connectivity index (χ4n) is 4.50. The van der Waals surface area contributed by atoms with Crippen molar-refractivity contribution in [1.29, 1.82) is 0 Å². The van der Waals surface area contributed by atoms with Gasteiger partial charge in [-0.25, -0.2) is 8.42 Å². The number of nitrogens with one attached hydrogen (secondary N) is 1. The molecule has 1 aliphatic heterocycles. The summed E-state index contributed by atoms with van der Waals surface area (Å²) in [4.78, 5) is 27.1. The van der Waals surface area contributed by atoms with Crippen LogP contribution in [0.4, 0.5) is 11.4 Å². The molecule has 1 aromatic rings. The molecule has 0 bridgehead atoms. The Morgan fingerprint density at radius 1 is 1.06 bits per heavy atom. The molecule has 2 aliphatic rings. The summed E-state index contributed by atoms with van der Waals surface area (Å²) in [6.45, 7) is 5.65. The number of carbonyl (C=O) groups excluding carboxylic acids is 2. The molecule has 0 radical (unpaired) electrons. The Bertz CT molecular complexity index is 902. The lowest BCUT2D eigenvalue weighted by molar-refractivity contribution is -0.151. The van der Waals surface area contributed by atoms with Gasteiger partial charge in [0.15, 0.2) is 6.61 Å². The molecule has 3 rings (SSSR count). The third kappa shape index (κ3) is 5.81. The van der Waals surface area contributed by atoms with Crippen LogP contribution in [-0.4, -0.2) is 57.4 Å². The van der Waals surface area contributed by atoms with Gasteiger partial charge in [-0.1, -0.05) is 26.7 Å². The molecule has 0 unspecified atom stereocenters. The van der Waals surface area contributed by atoms with Crippen LogP contribution in [0.1, 0.15) is 58.8 Å². The van der Waals surface area contributed by atoms with Gasteiger partial charge in [0.05, 0.1) is 22.2 Å². The molecule has 1 heterocycles. The lowest BCUT2D eigenvalue weighted by Gasteiger charge is -2.31. The molecule has 1 aliphatic carbocycles. The van der Waals surface area contributed by atoms with Gasteiger partial charge in [-0.3, -0.25) is 9.59 Å². The minimum atomic E-state index is -3.67. The van der Waals surface area contributed by atoms with Gasteiger partial charge < -0.3 is 15.0 Å². The first kappa shape index (κ1) is 24.5. The number of piperidine rings is 1. The van der Waals surface area contributed by atoms with Crippen molar-refractivity contribution in [2.45, 2.75) is 63.7 Å². The van der Waals surface area contributed by atoms with E-state index in [0.29, 0.717) is 18.8 Å². The van der Waals surface area contributed by atoms with E-state index in [-0.39, 0.29) is 23.4 Å². The highest BCUT2D eigenvalue weighted by Gasteiger charge is 2.26. The summed E-state index contributed by atoms with van der Waals surface area (Å²) in [6.07, 6.45) is 6.90. The van der Waals surface area contributed by atoms with Crippen LogP contribution in [0.5, 0.6) is 0 Å². The number of nitrogens with zero attached hydrogens (tertiary/aromatic N) is 2. The average molecular weight is 466 g/mol. The number of rotatable bonds is 9. The van der Waals surface area contributed by atoms with Crippen molar-refractivity contribution in [2.24, 2.45) is 5.92 Å². The van der Waals surface area contributed by atoms with E-state index in [9.17, 15) is 18.0 Å². The summed E-state index contributed by atoms with van der Waals surface area (Å²) in [7, 11) is -3.67. The van der Waals surface area contributed by atoms with Gasteiger partial charge in [0.1, 0.15) is 0 Å². The Kier molecular flexibility index (Phi) is 8.53. The van der Waals surface area contributed by atoms with Gasteiger partial charge in [-0.2, -0.15) is 4.31 Å². The van der Waals surface area contributed by atoms with Gasteiger partial charge in [-0.15, -0.1) is 0 Å². The number of anilines is 2. The highest BCUT2D eigenvalue weighted by atomic mass is 32.2. The van der Waals surface area contributed by atoms with E-state index < -0.39 is 15.9 Å². The summed E-state index contributed by atoms with van der Waals surface area (Å²) in [6, 6.07) is 4.89. The van der Waals surface area contributed by atoms with Crippen LogP contribution in [0.25, 0.3) is 0 Å². The molecule has 8 nitrogen and oxygen atoms in total. The lowest BCUT2D eigenvalue weighted by atomic mass is 10.1. The minimum Gasteiger partial charge on any atom is -0.455 e. The Labute approximate surface area is 191 Å². The van der Waals surface area contributed by atoms with Gasteiger partial charge in [0, 0.05) is 26.2 Å². The van der Waals surface area contributed by atoms with Crippen molar-refractivity contribution in [1.82, 2.24) is 4.31 Å². The van der Waals surface area contributed by atoms with Crippen LogP contribution in [0.15, 0.2) is 23.1 Å². The molecule has 1 saturated carbocycles. The topological polar surface area (TPSA) is 96.0 Å². The maximum absolute atomic E-state index is 13.0. The largest absolute Gasteiger partial charge is 0.455 e. The highest BCUT2D eigenvalue weighted by Crippen LogP contribution is 2.32. The van der Waals surface area contributed by atoms with Gasteiger partial charge in [0.25, 0.3) is 5.91 Å². The van der Waals surface area contributed by atoms with Gasteiger partial charge >= 0.3 is 5.97 Å². The summed E-state index contributed by atoms with van der Waals surface area (Å²) in [5.74, 6) is -0.909. The molecule has 1 N–H and O–H groups in total. The average Bonchev–Trinajstić information content (AvgIpc) is 3.34. The lowest BCUT2D eigenvalue weighted by Crippen LogP contribution is -2.32. The van der Waals surface area contributed by atoms with Crippen LogP contribution in [-0.2, 0) is 24.3 Å². The van der Waals surface area contributed by atoms with Crippen molar-refractivity contribution in [3.63, 3.8) is 0 Å². The zero-order valence-electron chi connectivity index (χ0n) is 19.1. The van der Waals surface area contributed by atoms with Crippen molar-refractivity contribution >= 4 is 33.3 Å². The Morgan fingerprint density at radius 2 is 1.72 bits per heavy atom. The number of benzene rings is 1. The fourth-order valence-corrected chi connectivity index (χ4v) is 5.99. The van der Waals surface area contributed by atoms with Crippen LogP contribution >= 0.6 is 0 Å². The second-order valence-corrected chi connectivity index (χ2v) is 10.4. The number of hydrogen-bond donors (Lipinski definition) is 1. The molecular weight excluding hydrogens is 430 g/mol. The Balaban J connectivity index is 1.80. The van der Waals surface area contributed by atoms with Crippen LogP contribution < -0.4 is 10.2 Å². The number of carbonyl (C=O) groups is 2. The third-order valence-electron chi connectivity index (χ3n) is 6.32. The summed E-state index contributed by atoms with van der Waals surface area (Å²) in [5, 5.41) is 2.80. The quantitative estimate of drug-likeness (QED) is 0.562. The van der Waals surface area contributed by atoms with Crippen LogP contribution in [0.3, 0.4) is 0 Å². The van der Waals surface area contributed by atoms with E-state index in [4.69, 9.17) is 4.74 Å². The smallest absolute Gasteiger partial charge is 0.309 e. The SMILES string of the molecule is CCN(CC)S(=O)(=O)c1ccc(N2CCCCC2)c(NC(=O)COC(=O)C2CCCC2)c1. The van der Waals surface area contributed by atoms with Gasteiger partial charge in [-0.05, 0) is 50.3 Å². The molecule has 1 amide bonds. The number of hydrogen-bond acceptors (Lipinski definition) is 6. The standard InChI is InChI=1S/C23H35N3O5S/c1-3-26(4-2)32(29,30)19-12-13-21(25-14-8-5-9-15-25)20(16-19)24-22(27)17-31-23(28)18-10-6-7-11-18/h12-13,16,18H,3-11,14-15,17H2,1-2H3,(H,24,27). The molecular formula is C23H35N3O5S. The van der Waals surface area contributed by atoms with E-state index >= 15 is 0 Å². The van der Waals surface area contributed by atoms with E-state index in [1.165, 1.54) is 10.4 Å². The second kappa shape index (κ2) is 11.1. The van der Waals surface area contributed by atoms with Crippen molar-refractivity contribution in [3.8, 4) is 0 Å². The summed E-state index contributed by atoms with van der Waals surface area (Å²) in [5.41, 5.74) is 1.22. The summed E-state index contributed by atoms with van der Waals surface area (Å²) < 4.78 is 32.6. The molecule has 0 spiro atoms. The van der Waals surface area contributed by atoms with E-state index in [1.54, 1.807) is 26.0 Å². The molecule has 1 saturated heterocycles. The number of amides is 1. The van der Waals surface area contributed by atoms with E-state index in [2.05, 4.69) is 10.2 Å². The fraction of sp³-hybridized carbons (Fsp3) is 0.652. The first-order valence-electron chi connectivity index (χ1n) is 11.7. The van der Waals surface area contributed by atoms with Crippen molar-refractivity contribution < 1.29 is 22.7 Å². The normalized spacial score (nSPS) is 17.5. The molecule has 0 atom stereocenters. The zero-order chi connectivity index (χ0) is 23.1. The molecule has 0 aromatic heterocycles. The zero-order valence-corrected chi connectivity index (χ0v) is 20.0. The molecule has 1 aromatic carbocycles. The van der Waals surface area contributed by atoms with E-state index in [0.717, 1.165) is 63.7 Å². The Morgan fingerprint density at radius 3 is 2.34 bits per heavy atom. The monoisotopic (exact) mass is 465 g/mol. The highest BCUT2D eigenvalue weighted by molar-refractivity contribution is 7.89. The second-order valence-electron chi connectivity index (χ2n) is 8.45. The predicted octanol–water partition coefficient (Wildman–Crippen LogP) is 3.38. The molecule has 9 heteroatoms. The predicted molar refractivity (Wildman–Crippen MR) is 124 cm³/mol. The minimum absolute atomic E-state index is 0.116. The Hall–Kier alpha value is -2.13. The molecule has 2 fully saturated rings. The first-order chi connectivity index (χ1) is 15.4. The molecule has 178 valence electrons. The maximum atomic E-state index is 13.0.